The first-order chi connectivity index (χ1) is 7.50. The molecule has 0 radical (unpaired) electrons. The van der Waals surface area contributed by atoms with Gasteiger partial charge in [0.25, 0.3) is 5.97 Å². The Morgan fingerprint density at radius 1 is 1.38 bits per heavy atom. The van der Waals surface area contributed by atoms with Crippen LogP contribution in [0.15, 0.2) is 0 Å². The molecule has 4 bridgehead atoms. The number of fused-ring (bicyclic) bond motifs is 2. The van der Waals surface area contributed by atoms with Gasteiger partial charge in [-0.15, -0.1) is 0 Å². The molecule has 5 heterocycles. The lowest BCUT2D eigenvalue weighted by Crippen LogP contribution is -2.71. The summed E-state index contributed by atoms with van der Waals surface area (Å²) in [6, 6.07) is 0.979. The van der Waals surface area contributed by atoms with Crippen molar-refractivity contribution in [3.8, 4) is 0 Å². The van der Waals surface area contributed by atoms with Crippen LogP contribution in [0, 0.1) is 0 Å². The highest BCUT2D eigenvalue weighted by molar-refractivity contribution is 5.62. The van der Waals surface area contributed by atoms with Crippen molar-refractivity contribution in [2.24, 2.45) is 0 Å². The fourth-order valence-corrected chi connectivity index (χ4v) is 3.13. The summed E-state index contributed by atoms with van der Waals surface area (Å²) in [5.74, 6) is -0.833. The van der Waals surface area contributed by atoms with Crippen LogP contribution >= 0.6 is 0 Å². The molecule has 5 aliphatic rings. The SMILES string of the molecule is CC(=O)O.CN1C2CC(O)C3OC2CCC31. The van der Waals surface area contributed by atoms with Gasteiger partial charge in [-0.1, -0.05) is 0 Å². The Kier molecular flexibility index (Phi) is 3.19. The number of hydrogen-bond acceptors (Lipinski definition) is 4. The average Bonchev–Trinajstić information content (AvgIpc) is 2.20. The van der Waals surface area contributed by atoms with Gasteiger partial charge in [0.2, 0.25) is 0 Å². The largest absolute Gasteiger partial charge is 0.481 e. The molecule has 5 atom stereocenters. The van der Waals surface area contributed by atoms with Crippen molar-refractivity contribution in [1.82, 2.24) is 4.90 Å². The number of carboxylic acids is 1. The molecule has 5 aliphatic heterocycles. The zero-order valence-corrected chi connectivity index (χ0v) is 9.67. The number of nitrogens with zero attached hydrogens (tertiary/aromatic N) is 1. The van der Waals surface area contributed by atoms with E-state index in [-0.39, 0.29) is 12.2 Å². The van der Waals surface area contributed by atoms with Crippen LogP contribution in [0.4, 0.5) is 0 Å². The predicted molar refractivity (Wildman–Crippen MR) is 57.2 cm³/mol. The Morgan fingerprint density at radius 3 is 2.44 bits per heavy atom. The van der Waals surface area contributed by atoms with Gasteiger partial charge in [-0.05, 0) is 26.3 Å². The Morgan fingerprint density at radius 2 is 2.00 bits per heavy atom. The van der Waals surface area contributed by atoms with Gasteiger partial charge < -0.3 is 14.9 Å². The number of piperidine rings is 2. The third kappa shape index (κ3) is 1.95. The lowest BCUT2D eigenvalue weighted by atomic mass is 9.76. The second-order valence-electron chi connectivity index (χ2n) is 4.84. The van der Waals surface area contributed by atoms with E-state index in [0.717, 1.165) is 13.3 Å². The van der Waals surface area contributed by atoms with Crippen LogP contribution in [0.25, 0.3) is 0 Å². The van der Waals surface area contributed by atoms with Crippen molar-refractivity contribution in [1.29, 1.82) is 0 Å². The summed E-state index contributed by atoms with van der Waals surface area (Å²) in [4.78, 5) is 11.4. The highest BCUT2D eigenvalue weighted by Gasteiger charge is 2.53. The molecule has 2 N–H and O–H groups in total. The molecule has 0 saturated carbocycles. The Bertz CT molecular complexity index is 275. The summed E-state index contributed by atoms with van der Waals surface area (Å²) in [7, 11) is 2.17. The fraction of sp³-hybridized carbons (Fsp3) is 0.909. The third-order valence-electron chi connectivity index (χ3n) is 3.80. The van der Waals surface area contributed by atoms with Crippen molar-refractivity contribution in [2.45, 2.75) is 56.6 Å². The number of morpholine rings is 1. The standard InChI is InChI=1S/C9H15NO2.C2H4O2/c1-10-5-2-3-8-6(10)4-7(11)9(5)12-8;1-2(3)4/h5-9,11H,2-4H2,1H3;1H3,(H,3,4). The molecule has 0 amide bonds. The molecule has 0 aliphatic carbocycles. The third-order valence-corrected chi connectivity index (χ3v) is 3.80. The van der Waals surface area contributed by atoms with Crippen molar-refractivity contribution in [3.05, 3.63) is 0 Å². The molecule has 0 aromatic rings. The number of rotatable bonds is 0. The van der Waals surface area contributed by atoms with Gasteiger partial charge in [-0.25, -0.2) is 0 Å². The first-order valence-electron chi connectivity index (χ1n) is 5.75. The van der Waals surface area contributed by atoms with Gasteiger partial charge in [0.15, 0.2) is 0 Å². The van der Waals surface area contributed by atoms with E-state index in [1.807, 2.05) is 0 Å². The molecule has 5 saturated heterocycles. The van der Waals surface area contributed by atoms with Gasteiger partial charge in [-0.2, -0.15) is 0 Å². The van der Waals surface area contributed by atoms with Crippen LogP contribution in [0.2, 0.25) is 0 Å². The summed E-state index contributed by atoms with van der Waals surface area (Å²) in [5, 5.41) is 17.1. The normalized spacial score (nSPS) is 45.1. The van der Waals surface area contributed by atoms with E-state index in [1.165, 1.54) is 12.8 Å². The molecular formula is C11H19NO4. The van der Waals surface area contributed by atoms with Crippen molar-refractivity contribution in [3.63, 3.8) is 0 Å². The van der Waals surface area contributed by atoms with E-state index in [4.69, 9.17) is 14.6 Å². The summed E-state index contributed by atoms with van der Waals surface area (Å²) >= 11 is 0. The monoisotopic (exact) mass is 229 g/mol. The summed E-state index contributed by atoms with van der Waals surface area (Å²) in [6.07, 6.45) is 3.64. The molecule has 5 rings (SSSR count). The minimum absolute atomic E-state index is 0.110. The van der Waals surface area contributed by atoms with Crippen molar-refractivity contribution in [2.75, 3.05) is 7.05 Å². The van der Waals surface area contributed by atoms with Crippen molar-refractivity contribution >= 4 is 5.97 Å². The van der Waals surface area contributed by atoms with E-state index < -0.39 is 5.97 Å². The van der Waals surface area contributed by atoms with Crippen LogP contribution < -0.4 is 0 Å². The fourth-order valence-electron chi connectivity index (χ4n) is 3.13. The molecule has 5 unspecified atom stereocenters. The number of carboxylic acid groups (broad SMARTS) is 1. The van der Waals surface area contributed by atoms with Gasteiger partial charge in [0.05, 0.1) is 18.3 Å². The second kappa shape index (κ2) is 4.31. The molecule has 0 aromatic heterocycles. The molecule has 0 spiro atoms. The maximum absolute atomic E-state index is 9.69. The smallest absolute Gasteiger partial charge is 0.300 e. The summed E-state index contributed by atoms with van der Waals surface area (Å²) in [6.45, 7) is 1.08. The average molecular weight is 229 g/mol. The zero-order chi connectivity index (χ0) is 11.9. The second-order valence-corrected chi connectivity index (χ2v) is 4.84. The van der Waals surface area contributed by atoms with Gasteiger partial charge in [-0.3, -0.25) is 9.69 Å². The van der Waals surface area contributed by atoms with Gasteiger partial charge in [0, 0.05) is 19.0 Å². The van der Waals surface area contributed by atoms with Crippen LogP contribution in [0.3, 0.4) is 0 Å². The maximum atomic E-state index is 9.69. The van der Waals surface area contributed by atoms with Crippen LogP contribution in [-0.4, -0.2) is 58.5 Å². The molecular weight excluding hydrogens is 210 g/mol. The number of hydrogen-bond donors (Lipinski definition) is 2. The molecule has 5 heteroatoms. The number of ether oxygens (including phenoxy) is 1. The first-order valence-corrected chi connectivity index (χ1v) is 5.75. The van der Waals surface area contributed by atoms with E-state index in [2.05, 4.69) is 11.9 Å². The van der Waals surface area contributed by atoms with E-state index in [9.17, 15) is 5.11 Å². The van der Waals surface area contributed by atoms with Gasteiger partial charge in [0.1, 0.15) is 0 Å². The molecule has 5 nitrogen and oxygen atoms in total. The highest BCUT2D eigenvalue weighted by atomic mass is 16.5. The number of aliphatic carboxylic acids is 1. The van der Waals surface area contributed by atoms with Crippen LogP contribution in [0.1, 0.15) is 26.2 Å². The number of likely N-dealkylation sites (N-methyl/N-ethyl adjacent to an activating group) is 1. The lowest BCUT2D eigenvalue weighted by molar-refractivity contribution is -0.253. The quantitative estimate of drug-likeness (QED) is 0.615. The van der Waals surface area contributed by atoms with Crippen LogP contribution in [-0.2, 0) is 9.53 Å². The predicted octanol–water partition coefficient (Wildman–Crippen LogP) is 0.0721. The van der Waals surface area contributed by atoms with Crippen molar-refractivity contribution < 1.29 is 19.7 Å². The van der Waals surface area contributed by atoms with E-state index >= 15 is 0 Å². The highest BCUT2D eigenvalue weighted by Crippen LogP contribution is 2.42. The Balaban J connectivity index is 0.000000212. The minimum atomic E-state index is -0.833. The molecule has 5 fully saturated rings. The van der Waals surface area contributed by atoms with E-state index in [1.54, 1.807) is 0 Å². The Hall–Kier alpha value is -0.650. The zero-order valence-electron chi connectivity index (χ0n) is 9.67. The number of aliphatic hydroxyl groups is 1. The lowest BCUT2D eigenvalue weighted by Gasteiger charge is -2.59. The molecule has 0 aromatic carbocycles. The molecule has 92 valence electrons. The van der Waals surface area contributed by atoms with Gasteiger partial charge >= 0.3 is 0 Å². The van der Waals surface area contributed by atoms with E-state index in [0.29, 0.717) is 18.2 Å². The topological polar surface area (TPSA) is 70.0 Å². The Labute approximate surface area is 95.0 Å². The molecule has 16 heavy (non-hydrogen) atoms. The summed E-state index contributed by atoms with van der Waals surface area (Å²) < 4.78 is 5.78. The maximum Gasteiger partial charge on any atom is 0.300 e. The minimum Gasteiger partial charge on any atom is -0.481 e. The van der Waals surface area contributed by atoms with Crippen LogP contribution in [0.5, 0.6) is 0 Å². The number of carbonyl (C=O) groups is 1. The summed E-state index contributed by atoms with van der Waals surface area (Å²) in [5.41, 5.74) is 0. The first kappa shape index (κ1) is 11.8. The number of aliphatic hydroxyl groups excluding tert-OH is 1.